The van der Waals surface area contributed by atoms with Gasteiger partial charge in [0.1, 0.15) is 10.5 Å². The molecular weight excluding hydrogens is 287 g/mol. The van der Waals surface area contributed by atoms with E-state index in [1.54, 1.807) is 17.6 Å². The van der Waals surface area contributed by atoms with E-state index in [-0.39, 0.29) is 19.4 Å². The van der Waals surface area contributed by atoms with Crippen molar-refractivity contribution in [3.8, 4) is 10.7 Å². The van der Waals surface area contributed by atoms with E-state index in [1.807, 2.05) is 12.1 Å². The molecule has 106 valence electrons. The summed E-state index contributed by atoms with van der Waals surface area (Å²) in [5, 5.41) is 5.08. The average molecular weight is 299 g/mol. The van der Waals surface area contributed by atoms with Crippen LogP contribution in [0.1, 0.15) is 18.5 Å². The number of hydrogen-bond acceptors (Lipinski definition) is 4. The van der Waals surface area contributed by atoms with Crippen LogP contribution in [0.25, 0.3) is 10.7 Å². The molecule has 2 aromatic rings. The molecule has 0 atom stereocenters. The maximum absolute atomic E-state index is 12.8. The van der Waals surface area contributed by atoms with Crippen molar-refractivity contribution in [3.05, 3.63) is 35.5 Å². The van der Waals surface area contributed by atoms with Gasteiger partial charge in [0.05, 0.1) is 11.4 Å². The Hall–Kier alpha value is -1.47. The predicted molar refractivity (Wildman–Crippen MR) is 70.2 cm³/mol. The molecule has 2 aromatic heterocycles. The van der Waals surface area contributed by atoms with E-state index in [1.165, 1.54) is 11.3 Å². The first-order chi connectivity index (χ1) is 9.50. The molecule has 1 saturated carbocycles. The van der Waals surface area contributed by atoms with Crippen LogP contribution >= 0.6 is 11.3 Å². The van der Waals surface area contributed by atoms with E-state index in [0.29, 0.717) is 5.69 Å². The molecule has 7 heteroatoms. The number of nitrogens with zero attached hydrogens (tertiary/aromatic N) is 2. The van der Waals surface area contributed by atoms with Gasteiger partial charge in [0.15, 0.2) is 0 Å². The van der Waals surface area contributed by atoms with Crippen molar-refractivity contribution >= 4 is 11.3 Å². The summed E-state index contributed by atoms with van der Waals surface area (Å²) in [4.78, 5) is 8.49. The monoisotopic (exact) mass is 299 g/mol. The van der Waals surface area contributed by atoms with Gasteiger partial charge in [-0.05, 0) is 25.0 Å². The van der Waals surface area contributed by atoms with Gasteiger partial charge in [-0.25, -0.2) is 4.98 Å². The van der Waals surface area contributed by atoms with Crippen LogP contribution in [0.4, 0.5) is 13.2 Å². The molecule has 2 heterocycles. The fraction of sp³-hybridized carbons (Fsp3) is 0.385. The summed E-state index contributed by atoms with van der Waals surface area (Å²) in [7, 11) is 0. The molecule has 3 rings (SSSR count). The lowest BCUT2D eigenvalue weighted by molar-refractivity contribution is -0.166. The van der Waals surface area contributed by atoms with Gasteiger partial charge >= 0.3 is 6.18 Å². The van der Waals surface area contributed by atoms with Crippen LogP contribution in [0.3, 0.4) is 0 Å². The van der Waals surface area contributed by atoms with Crippen LogP contribution in [0.5, 0.6) is 0 Å². The SMILES string of the molecule is FC(F)(F)C1(NCc2csc(-c3ccccn3)n2)CC1. The standard InChI is InChI=1S/C13H12F3N3S/c14-13(15,16)12(4-5-12)18-7-9-8-20-11(19-9)10-3-1-2-6-17-10/h1-3,6,8,18H,4-5,7H2. The van der Waals surface area contributed by atoms with Gasteiger partial charge in [0.25, 0.3) is 0 Å². The predicted octanol–water partition coefficient (Wildman–Crippen LogP) is 3.39. The van der Waals surface area contributed by atoms with E-state index in [4.69, 9.17) is 0 Å². The molecule has 0 radical (unpaired) electrons. The highest BCUT2D eigenvalue weighted by molar-refractivity contribution is 7.13. The van der Waals surface area contributed by atoms with Crippen molar-refractivity contribution < 1.29 is 13.2 Å². The third-order valence-electron chi connectivity index (χ3n) is 3.34. The Morgan fingerprint density at radius 3 is 2.70 bits per heavy atom. The van der Waals surface area contributed by atoms with Crippen molar-refractivity contribution in [2.75, 3.05) is 0 Å². The van der Waals surface area contributed by atoms with E-state index in [2.05, 4.69) is 15.3 Å². The Morgan fingerprint density at radius 2 is 2.10 bits per heavy atom. The van der Waals surface area contributed by atoms with Gasteiger partial charge in [-0.3, -0.25) is 10.3 Å². The molecule has 0 saturated heterocycles. The summed E-state index contributed by atoms with van der Waals surface area (Å²) in [6.07, 6.45) is -2.23. The van der Waals surface area contributed by atoms with Crippen LogP contribution in [0.2, 0.25) is 0 Å². The minimum absolute atomic E-state index is 0.128. The highest BCUT2D eigenvalue weighted by atomic mass is 32.1. The summed E-state index contributed by atoms with van der Waals surface area (Å²) in [5.41, 5.74) is -0.339. The summed E-state index contributed by atoms with van der Waals surface area (Å²) >= 11 is 1.39. The van der Waals surface area contributed by atoms with Crippen LogP contribution in [-0.2, 0) is 6.54 Å². The second kappa shape index (κ2) is 4.82. The molecule has 0 aliphatic heterocycles. The van der Waals surface area contributed by atoms with Crippen molar-refractivity contribution in [3.63, 3.8) is 0 Å². The summed E-state index contributed by atoms with van der Waals surface area (Å²) < 4.78 is 38.3. The minimum atomic E-state index is -4.19. The molecule has 0 aromatic carbocycles. The molecule has 1 aliphatic rings. The number of hydrogen-bond donors (Lipinski definition) is 1. The lowest BCUT2D eigenvalue weighted by Gasteiger charge is -2.19. The van der Waals surface area contributed by atoms with Gasteiger partial charge in [-0.15, -0.1) is 11.3 Å². The Morgan fingerprint density at radius 1 is 1.30 bits per heavy atom. The van der Waals surface area contributed by atoms with Crippen molar-refractivity contribution in [1.29, 1.82) is 0 Å². The van der Waals surface area contributed by atoms with E-state index >= 15 is 0 Å². The maximum atomic E-state index is 12.8. The fourth-order valence-electron chi connectivity index (χ4n) is 1.94. The molecule has 0 bridgehead atoms. The van der Waals surface area contributed by atoms with Crippen LogP contribution in [0.15, 0.2) is 29.8 Å². The van der Waals surface area contributed by atoms with Gasteiger partial charge in [0.2, 0.25) is 0 Å². The first-order valence-electron chi connectivity index (χ1n) is 6.18. The Labute approximate surface area is 117 Å². The van der Waals surface area contributed by atoms with Gasteiger partial charge in [-0.2, -0.15) is 13.2 Å². The Kier molecular flexibility index (Phi) is 3.25. The largest absolute Gasteiger partial charge is 0.406 e. The summed E-state index contributed by atoms with van der Waals surface area (Å²) in [5.74, 6) is 0. The molecule has 0 spiro atoms. The number of nitrogens with one attached hydrogen (secondary N) is 1. The highest BCUT2D eigenvalue weighted by Crippen LogP contribution is 2.49. The van der Waals surface area contributed by atoms with Crippen molar-refractivity contribution in [2.45, 2.75) is 31.1 Å². The first kappa shape index (κ1) is 13.5. The number of rotatable bonds is 4. The highest BCUT2D eigenvalue weighted by Gasteiger charge is 2.62. The number of alkyl halides is 3. The minimum Gasteiger partial charge on any atom is -0.298 e. The third-order valence-corrected chi connectivity index (χ3v) is 4.25. The topological polar surface area (TPSA) is 37.8 Å². The Balaban J connectivity index is 1.67. The van der Waals surface area contributed by atoms with E-state index in [0.717, 1.165) is 10.7 Å². The van der Waals surface area contributed by atoms with Crippen molar-refractivity contribution in [2.24, 2.45) is 0 Å². The fourth-order valence-corrected chi connectivity index (χ4v) is 2.74. The first-order valence-corrected chi connectivity index (χ1v) is 7.06. The zero-order valence-electron chi connectivity index (χ0n) is 10.4. The lowest BCUT2D eigenvalue weighted by Crippen LogP contribution is -2.44. The van der Waals surface area contributed by atoms with Gasteiger partial charge in [-0.1, -0.05) is 6.07 Å². The molecule has 1 fully saturated rings. The normalized spacial score (nSPS) is 17.1. The van der Waals surface area contributed by atoms with Crippen molar-refractivity contribution in [1.82, 2.24) is 15.3 Å². The second-order valence-electron chi connectivity index (χ2n) is 4.79. The molecule has 3 nitrogen and oxygen atoms in total. The number of halogens is 3. The quantitative estimate of drug-likeness (QED) is 0.940. The van der Waals surface area contributed by atoms with Crippen LogP contribution in [-0.4, -0.2) is 21.7 Å². The molecule has 1 aliphatic carbocycles. The van der Waals surface area contributed by atoms with Crippen LogP contribution < -0.4 is 5.32 Å². The number of thiazole rings is 1. The molecule has 0 unspecified atom stereocenters. The third kappa shape index (κ3) is 2.55. The zero-order valence-corrected chi connectivity index (χ0v) is 11.3. The average Bonchev–Trinajstić information content (AvgIpc) is 3.09. The molecule has 1 N–H and O–H groups in total. The lowest BCUT2D eigenvalue weighted by atomic mass is 10.2. The zero-order chi connectivity index (χ0) is 14.2. The maximum Gasteiger partial charge on any atom is 0.406 e. The molecule has 20 heavy (non-hydrogen) atoms. The second-order valence-corrected chi connectivity index (χ2v) is 5.65. The van der Waals surface area contributed by atoms with Gasteiger partial charge < -0.3 is 0 Å². The van der Waals surface area contributed by atoms with Gasteiger partial charge in [0, 0.05) is 18.1 Å². The summed E-state index contributed by atoms with van der Waals surface area (Å²) in [6.45, 7) is 0.128. The smallest absolute Gasteiger partial charge is 0.298 e. The van der Waals surface area contributed by atoms with E-state index in [9.17, 15) is 13.2 Å². The molecular formula is C13H12F3N3S. The number of pyridine rings is 1. The number of aromatic nitrogens is 2. The molecule has 0 amide bonds. The van der Waals surface area contributed by atoms with Crippen LogP contribution in [0, 0.1) is 0 Å². The Bertz CT molecular complexity index is 590. The van der Waals surface area contributed by atoms with E-state index < -0.39 is 11.7 Å². The summed E-state index contributed by atoms with van der Waals surface area (Å²) in [6, 6.07) is 5.48.